The summed E-state index contributed by atoms with van der Waals surface area (Å²) in [6.07, 6.45) is 9.77. The highest BCUT2D eigenvalue weighted by atomic mass is 16.3. The first kappa shape index (κ1) is 36.2. The van der Waals surface area contributed by atoms with Crippen LogP contribution < -0.4 is 0 Å². The van der Waals surface area contributed by atoms with Crippen LogP contribution in [0, 0.1) is 23.7 Å². The monoisotopic (exact) mass is 746 g/mol. The third-order valence-corrected chi connectivity index (χ3v) is 15.7. The fourth-order valence-electron chi connectivity index (χ4n) is 12.8. The Morgan fingerprint density at radius 3 is 1.52 bits per heavy atom. The molecule has 6 fully saturated rings. The summed E-state index contributed by atoms with van der Waals surface area (Å²) in [6.45, 7) is 11.2. The first-order valence-corrected chi connectivity index (χ1v) is 21.6. The Morgan fingerprint density at radius 1 is 0.589 bits per heavy atom. The fourth-order valence-corrected chi connectivity index (χ4v) is 12.8. The van der Waals surface area contributed by atoms with Crippen LogP contribution in [0.1, 0.15) is 86.8 Å². The zero-order chi connectivity index (χ0) is 38.0. The molecule has 0 radical (unpaired) electrons. The normalized spacial score (nSPS) is 30.9. The maximum absolute atomic E-state index is 12.3. The molecule has 8 heterocycles. The van der Waals surface area contributed by atoms with Gasteiger partial charge in [0.05, 0.1) is 37.2 Å². The van der Waals surface area contributed by atoms with E-state index in [9.17, 15) is 10.2 Å². The molecule has 6 aromatic rings. The molecule has 6 aliphatic rings. The number of para-hydroxylation sites is 2. The van der Waals surface area contributed by atoms with Gasteiger partial charge in [0.1, 0.15) is 37.4 Å². The second kappa shape index (κ2) is 14.3. The van der Waals surface area contributed by atoms with Crippen molar-refractivity contribution in [2.24, 2.45) is 23.7 Å². The smallest absolute Gasteiger partial charge is 0.131 e. The van der Waals surface area contributed by atoms with Crippen molar-refractivity contribution in [3.05, 3.63) is 132 Å². The van der Waals surface area contributed by atoms with Crippen molar-refractivity contribution in [1.82, 2.24) is 9.97 Å². The highest BCUT2D eigenvalue weighted by Crippen LogP contribution is 2.50. The van der Waals surface area contributed by atoms with Gasteiger partial charge in [0.15, 0.2) is 0 Å². The van der Waals surface area contributed by atoms with Gasteiger partial charge in [0.2, 0.25) is 0 Å². The van der Waals surface area contributed by atoms with Gasteiger partial charge in [-0.1, -0.05) is 74.5 Å². The van der Waals surface area contributed by atoms with Crippen LogP contribution in [0.2, 0.25) is 0 Å². The molecule has 2 aromatic heterocycles. The van der Waals surface area contributed by atoms with Gasteiger partial charge >= 0.3 is 0 Å². The van der Waals surface area contributed by atoms with E-state index in [4.69, 9.17) is 0 Å². The van der Waals surface area contributed by atoms with Gasteiger partial charge < -0.3 is 19.2 Å². The highest BCUT2D eigenvalue weighted by Gasteiger charge is 2.55. The molecule has 4 aromatic carbocycles. The topological polar surface area (TPSA) is 66.2 Å². The minimum Gasteiger partial charge on any atom is -0.382 e. The molecule has 56 heavy (non-hydrogen) atoms. The van der Waals surface area contributed by atoms with Crippen LogP contribution in [0.4, 0.5) is 0 Å². The molecule has 0 aliphatic carbocycles. The van der Waals surface area contributed by atoms with E-state index >= 15 is 0 Å². The lowest BCUT2D eigenvalue weighted by Gasteiger charge is -2.58. The van der Waals surface area contributed by atoms with Crippen LogP contribution >= 0.6 is 0 Å². The summed E-state index contributed by atoms with van der Waals surface area (Å²) in [4.78, 5) is 9.25. The Morgan fingerprint density at radius 2 is 1.05 bits per heavy atom. The zero-order valence-corrected chi connectivity index (χ0v) is 33.2. The van der Waals surface area contributed by atoms with Crippen molar-refractivity contribution < 1.29 is 19.2 Å². The number of piperidine rings is 6. The summed E-state index contributed by atoms with van der Waals surface area (Å²) in [7, 11) is 0. The quantitative estimate of drug-likeness (QED) is 0.137. The molecular formula is C50H58N4O2+2. The van der Waals surface area contributed by atoms with Crippen LogP contribution in [0.15, 0.2) is 109 Å². The van der Waals surface area contributed by atoms with E-state index in [0.29, 0.717) is 23.7 Å². The van der Waals surface area contributed by atoms with Crippen LogP contribution in [0.3, 0.4) is 0 Å². The van der Waals surface area contributed by atoms with E-state index in [-0.39, 0.29) is 12.1 Å². The van der Waals surface area contributed by atoms with E-state index in [0.717, 1.165) is 94.0 Å². The number of pyridine rings is 2. The standard InChI is InChI=1S/C50H58N4O2/c1-3-35-31-53(23-19-38(35)27-47(53)49(55)43-17-21-51-45-11-7-5-9-41(43)45)29-33-13-15-37-16-14-34(26-40(37)25-33)30-54-24-20-39(36(4-2)32-54)28-48(54)50(56)44-18-22-52-46-12-8-6-10-42(44)46/h5-18,21-22,25-26,35-36,38-39,47-50,55-56H,3-4,19-20,23-24,27-32H2,1-2H3/q+2/t35?,36?,38?,39?,47?,48?,49-,50-,53?,54?/m0/s1. The maximum atomic E-state index is 12.3. The Balaban J connectivity index is 0.970. The molecule has 6 heteroatoms. The Hall–Kier alpha value is -4.20. The van der Waals surface area contributed by atoms with Crippen molar-refractivity contribution in [1.29, 1.82) is 0 Å². The minimum atomic E-state index is -0.529. The average molecular weight is 747 g/mol. The molecule has 6 nitrogen and oxygen atoms in total. The summed E-state index contributed by atoms with van der Waals surface area (Å²) in [6, 6.07) is 35.3. The molecule has 10 atom stereocenters. The largest absolute Gasteiger partial charge is 0.382 e. The number of aliphatic hydroxyl groups excluding tert-OH is 2. The molecule has 288 valence electrons. The van der Waals surface area contributed by atoms with Crippen LogP contribution in [0.5, 0.6) is 0 Å². The minimum absolute atomic E-state index is 0.162. The number of aromatic nitrogens is 2. The lowest BCUT2D eigenvalue weighted by molar-refractivity contribution is -0.985. The number of fused-ring (bicyclic) bond motifs is 9. The first-order chi connectivity index (χ1) is 27.4. The molecule has 12 rings (SSSR count). The highest BCUT2D eigenvalue weighted by molar-refractivity contribution is 5.84. The summed E-state index contributed by atoms with van der Waals surface area (Å²) < 4.78 is 1.92. The van der Waals surface area contributed by atoms with Crippen LogP contribution in [-0.2, 0) is 13.1 Å². The summed E-state index contributed by atoms with van der Waals surface area (Å²) in [5, 5.41) is 29.4. The maximum Gasteiger partial charge on any atom is 0.131 e. The molecule has 8 unspecified atom stereocenters. The summed E-state index contributed by atoms with van der Waals surface area (Å²) in [5.74, 6) is 2.78. The van der Waals surface area contributed by atoms with Crippen molar-refractivity contribution in [2.45, 2.75) is 89.8 Å². The average Bonchev–Trinajstić information content (AvgIpc) is 3.25. The number of quaternary nitrogens is 2. The van der Waals surface area contributed by atoms with Gasteiger partial charge in [-0.25, -0.2) is 0 Å². The SMILES string of the molecule is CCC1C[N+]2(Cc3ccc4ccc(C[N+]56CCC(CC5[C@@H](O)c5ccnc7ccccc57)C(CC)C6)cc4c3)CCC1CC2[C@@H](O)c1ccnc2ccccc12. The molecular weight excluding hydrogens is 689 g/mol. The van der Waals surface area contributed by atoms with Crippen molar-refractivity contribution in [3.8, 4) is 0 Å². The third-order valence-electron chi connectivity index (χ3n) is 15.7. The Bertz CT molecular complexity index is 2220. The second-order valence-electron chi connectivity index (χ2n) is 18.3. The summed E-state index contributed by atoms with van der Waals surface area (Å²) in [5.41, 5.74) is 6.72. The Kier molecular flexibility index (Phi) is 9.25. The number of hydrogen-bond acceptors (Lipinski definition) is 4. The van der Waals surface area contributed by atoms with Gasteiger partial charge in [-0.2, -0.15) is 0 Å². The fraction of sp³-hybridized carbons (Fsp3) is 0.440. The molecule has 0 amide bonds. The predicted octanol–water partition coefficient (Wildman–Crippen LogP) is 9.67. The van der Waals surface area contributed by atoms with E-state index in [1.54, 1.807) is 0 Å². The summed E-state index contributed by atoms with van der Waals surface area (Å²) >= 11 is 0. The van der Waals surface area contributed by atoms with Crippen molar-refractivity contribution >= 4 is 32.6 Å². The van der Waals surface area contributed by atoms with E-state index in [1.807, 2.05) is 24.5 Å². The van der Waals surface area contributed by atoms with Crippen molar-refractivity contribution in [2.75, 3.05) is 26.2 Å². The van der Waals surface area contributed by atoms with E-state index in [2.05, 4.69) is 109 Å². The molecule has 0 spiro atoms. The zero-order valence-electron chi connectivity index (χ0n) is 33.2. The number of rotatable bonds is 10. The van der Waals surface area contributed by atoms with Gasteiger partial charge in [0.25, 0.3) is 0 Å². The van der Waals surface area contributed by atoms with Gasteiger partial charge in [-0.05, 0) is 83.0 Å². The lowest BCUT2D eigenvalue weighted by atomic mass is 9.70. The van der Waals surface area contributed by atoms with Gasteiger partial charge in [0, 0.05) is 71.8 Å². The van der Waals surface area contributed by atoms with Crippen LogP contribution in [-0.4, -0.2) is 67.4 Å². The van der Waals surface area contributed by atoms with Gasteiger partial charge in [-0.3, -0.25) is 9.97 Å². The predicted molar refractivity (Wildman–Crippen MR) is 225 cm³/mol. The molecule has 4 bridgehead atoms. The van der Waals surface area contributed by atoms with E-state index < -0.39 is 12.2 Å². The molecule has 0 saturated carbocycles. The third kappa shape index (κ3) is 6.07. The molecule has 2 N–H and O–H groups in total. The van der Waals surface area contributed by atoms with Gasteiger partial charge in [-0.15, -0.1) is 0 Å². The van der Waals surface area contributed by atoms with Crippen LogP contribution in [0.25, 0.3) is 32.6 Å². The first-order valence-electron chi connectivity index (χ1n) is 21.6. The lowest BCUT2D eigenvalue weighted by Crippen LogP contribution is -2.67. The van der Waals surface area contributed by atoms with E-state index in [1.165, 1.54) is 47.6 Å². The number of nitrogens with zero attached hydrogens (tertiary/aromatic N) is 4. The Labute approximate surface area is 332 Å². The number of benzene rings is 4. The van der Waals surface area contributed by atoms with Crippen molar-refractivity contribution in [3.63, 3.8) is 0 Å². The number of hydrogen-bond donors (Lipinski definition) is 2. The molecule has 6 aliphatic heterocycles. The number of aliphatic hydroxyl groups is 2. The molecule has 6 saturated heterocycles. The second-order valence-corrected chi connectivity index (χ2v) is 18.3.